The summed E-state index contributed by atoms with van der Waals surface area (Å²) in [6.45, 7) is 7.03. The van der Waals surface area contributed by atoms with Gasteiger partial charge in [0.15, 0.2) is 0 Å². The van der Waals surface area contributed by atoms with Crippen LogP contribution in [0.1, 0.15) is 52.0 Å². The van der Waals surface area contributed by atoms with Gasteiger partial charge in [-0.1, -0.05) is 38.8 Å². The van der Waals surface area contributed by atoms with Gasteiger partial charge in [-0.15, -0.1) is 0 Å². The van der Waals surface area contributed by atoms with E-state index in [0.717, 1.165) is 16.8 Å². The van der Waals surface area contributed by atoms with Gasteiger partial charge >= 0.3 is 0 Å². The summed E-state index contributed by atoms with van der Waals surface area (Å²) in [6.07, 6.45) is 8.73. The van der Waals surface area contributed by atoms with E-state index in [-0.39, 0.29) is 12.1 Å². The van der Waals surface area contributed by atoms with Crippen molar-refractivity contribution in [3.05, 3.63) is 22.1 Å². The van der Waals surface area contributed by atoms with Crippen LogP contribution in [-0.2, 0) is 11.3 Å². The van der Waals surface area contributed by atoms with Crippen molar-refractivity contribution in [1.29, 1.82) is 0 Å². The molecule has 1 aromatic rings. The van der Waals surface area contributed by atoms with Gasteiger partial charge < -0.3 is 15.3 Å². The van der Waals surface area contributed by atoms with Gasteiger partial charge in [0.25, 0.3) is 5.56 Å². The van der Waals surface area contributed by atoms with Gasteiger partial charge in [0.1, 0.15) is 12.8 Å². The first-order valence-electron chi connectivity index (χ1n) is 8.23. The zero-order valence-electron chi connectivity index (χ0n) is 15.0. The topological polar surface area (TPSA) is 96.6 Å². The van der Waals surface area contributed by atoms with Crippen molar-refractivity contribution in [3.63, 3.8) is 0 Å². The van der Waals surface area contributed by atoms with Crippen molar-refractivity contribution < 1.29 is 10.0 Å². The molecular weight excluding hydrogens is 308 g/mol. The maximum Gasteiger partial charge on any atom is 0.278 e. The van der Waals surface area contributed by atoms with Gasteiger partial charge in [0, 0.05) is 7.05 Å². The highest BCUT2D eigenvalue weighted by atomic mass is 16.4. The minimum Gasteiger partial charge on any atom is -0.411 e. The standard InChI is InChI=1S/C9H18.C8H10N4O3/c1-8-5-4-6-9(2,3)7-8;1-9-7-5-10-12(2-3-13)8(14)6(7)4-11-15/h8H,4-7H2,1-3H3;3-5,9,15H,2H2,1H3/b;11-4+/t8-;/m0./s1. The lowest BCUT2D eigenvalue weighted by atomic mass is 9.73. The predicted molar refractivity (Wildman–Crippen MR) is 94.9 cm³/mol. The fourth-order valence-corrected chi connectivity index (χ4v) is 3.16. The highest BCUT2D eigenvalue weighted by Gasteiger charge is 2.24. The van der Waals surface area contributed by atoms with E-state index in [0.29, 0.717) is 17.4 Å². The average molecular weight is 336 g/mol. The summed E-state index contributed by atoms with van der Waals surface area (Å²) in [4.78, 5) is 21.9. The van der Waals surface area contributed by atoms with Crippen LogP contribution in [-0.4, -0.2) is 34.5 Å². The summed E-state index contributed by atoms with van der Waals surface area (Å²) in [5.41, 5.74) is 0.737. The van der Waals surface area contributed by atoms with E-state index in [9.17, 15) is 9.59 Å². The van der Waals surface area contributed by atoms with Crippen molar-refractivity contribution in [2.75, 3.05) is 12.4 Å². The number of nitrogens with zero attached hydrogens (tertiary/aromatic N) is 3. The first kappa shape index (κ1) is 19.9. The normalized spacial score (nSPS) is 19.4. The summed E-state index contributed by atoms with van der Waals surface area (Å²) >= 11 is 0. The zero-order valence-corrected chi connectivity index (χ0v) is 15.0. The van der Waals surface area contributed by atoms with Crippen molar-refractivity contribution in [2.24, 2.45) is 16.5 Å². The Morgan fingerprint density at radius 3 is 2.71 bits per heavy atom. The molecule has 1 heterocycles. The largest absolute Gasteiger partial charge is 0.411 e. The molecule has 0 amide bonds. The number of rotatable bonds is 4. The minimum atomic E-state index is -0.494. The van der Waals surface area contributed by atoms with Crippen LogP contribution in [0.25, 0.3) is 0 Å². The Morgan fingerprint density at radius 1 is 1.54 bits per heavy atom. The van der Waals surface area contributed by atoms with Crippen molar-refractivity contribution in [1.82, 2.24) is 9.78 Å². The van der Waals surface area contributed by atoms with Crippen molar-refractivity contribution in [3.8, 4) is 0 Å². The Bertz CT molecular complexity index is 623. The maximum atomic E-state index is 11.6. The van der Waals surface area contributed by atoms with E-state index in [1.807, 2.05) is 0 Å². The molecule has 1 saturated carbocycles. The Labute approximate surface area is 142 Å². The number of anilines is 1. The van der Waals surface area contributed by atoms with Crippen LogP contribution in [0.5, 0.6) is 0 Å². The van der Waals surface area contributed by atoms with Crippen LogP contribution in [0, 0.1) is 11.3 Å². The molecule has 0 aromatic carbocycles. The molecule has 0 saturated heterocycles. The zero-order chi connectivity index (χ0) is 18.2. The van der Waals surface area contributed by atoms with E-state index in [2.05, 4.69) is 36.3 Å². The average Bonchev–Trinajstić information content (AvgIpc) is 2.51. The summed E-state index contributed by atoms with van der Waals surface area (Å²) < 4.78 is 0.977. The van der Waals surface area contributed by atoms with Gasteiger partial charge in [0.05, 0.1) is 23.7 Å². The molecular formula is C17H28N4O3. The first-order valence-corrected chi connectivity index (χ1v) is 8.23. The van der Waals surface area contributed by atoms with Gasteiger partial charge in [-0.2, -0.15) is 5.10 Å². The highest BCUT2D eigenvalue weighted by Crippen LogP contribution is 2.37. The van der Waals surface area contributed by atoms with Crippen LogP contribution in [0.2, 0.25) is 0 Å². The lowest BCUT2D eigenvalue weighted by Gasteiger charge is -2.33. The second-order valence-electron chi connectivity index (χ2n) is 6.99. The molecule has 1 atom stereocenters. The predicted octanol–water partition coefficient (Wildman–Crippen LogP) is 2.51. The molecule has 7 nitrogen and oxygen atoms in total. The van der Waals surface area contributed by atoms with E-state index in [4.69, 9.17) is 5.21 Å². The number of carbonyl (C=O) groups is 1. The highest BCUT2D eigenvalue weighted by molar-refractivity contribution is 5.86. The van der Waals surface area contributed by atoms with E-state index in [1.165, 1.54) is 31.9 Å². The molecule has 0 spiro atoms. The summed E-state index contributed by atoms with van der Waals surface area (Å²) in [5.74, 6) is 0.980. The lowest BCUT2D eigenvalue weighted by molar-refractivity contribution is -0.108. The smallest absolute Gasteiger partial charge is 0.278 e. The third kappa shape index (κ3) is 5.79. The molecule has 7 heteroatoms. The van der Waals surface area contributed by atoms with Crippen molar-refractivity contribution in [2.45, 2.75) is 53.0 Å². The quantitative estimate of drug-likeness (QED) is 0.381. The van der Waals surface area contributed by atoms with Crippen molar-refractivity contribution >= 4 is 18.2 Å². The SMILES string of the molecule is CNc1cnn(CC=O)c(=O)c1/C=N/O.C[C@H]1CCCC(C)(C)C1. The number of carbonyl (C=O) groups excluding carboxylic acids is 1. The van der Waals surface area contributed by atoms with Crippen LogP contribution in [0.15, 0.2) is 16.1 Å². The number of nitrogens with one attached hydrogen (secondary N) is 1. The number of hydrogen-bond acceptors (Lipinski definition) is 6. The van der Waals surface area contributed by atoms with Gasteiger partial charge in [-0.25, -0.2) is 4.68 Å². The monoisotopic (exact) mass is 336 g/mol. The molecule has 2 N–H and O–H groups in total. The van der Waals surface area contributed by atoms with Crippen LogP contribution in [0.3, 0.4) is 0 Å². The third-order valence-corrected chi connectivity index (χ3v) is 4.24. The summed E-state index contributed by atoms with van der Waals surface area (Å²) in [5, 5.41) is 17.6. The fourth-order valence-electron chi connectivity index (χ4n) is 3.16. The molecule has 0 radical (unpaired) electrons. The molecule has 1 aliphatic carbocycles. The molecule has 24 heavy (non-hydrogen) atoms. The molecule has 2 rings (SSSR count). The van der Waals surface area contributed by atoms with Crippen LogP contribution < -0.4 is 10.9 Å². The maximum absolute atomic E-state index is 11.6. The second-order valence-corrected chi connectivity index (χ2v) is 6.99. The molecule has 134 valence electrons. The molecule has 0 bridgehead atoms. The number of aromatic nitrogens is 2. The van der Waals surface area contributed by atoms with E-state index in [1.54, 1.807) is 7.05 Å². The molecule has 1 aliphatic rings. The van der Waals surface area contributed by atoms with Gasteiger partial charge in [-0.3, -0.25) is 4.79 Å². The minimum absolute atomic E-state index is 0.130. The van der Waals surface area contributed by atoms with Gasteiger partial charge in [-0.05, 0) is 24.2 Å². The number of aldehydes is 1. The third-order valence-electron chi connectivity index (χ3n) is 4.24. The van der Waals surface area contributed by atoms with E-state index < -0.39 is 5.56 Å². The summed E-state index contributed by atoms with van der Waals surface area (Å²) in [6, 6.07) is 0. The molecule has 1 aromatic heterocycles. The Hall–Kier alpha value is -2.18. The Kier molecular flexibility index (Phi) is 7.61. The van der Waals surface area contributed by atoms with Crippen LogP contribution in [0.4, 0.5) is 5.69 Å². The first-order chi connectivity index (χ1) is 11.3. The fraction of sp³-hybridized carbons (Fsp3) is 0.647. The van der Waals surface area contributed by atoms with Gasteiger partial charge in [0.2, 0.25) is 0 Å². The molecule has 0 aliphatic heterocycles. The number of hydrogen-bond donors (Lipinski definition) is 2. The second kappa shape index (κ2) is 9.20. The van der Waals surface area contributed by atoms with Crippen LogP contribution >= 0.6 is 0 Å². The Morgan fingerprint density at radius 2 is 2.25 bits per heavy atom. The lowest BCUT2D eigenvalue weighted by Crippen LogP contribution is -2.27. The molecule has 0 unspecified atom stereocenters. The Balaban J connectivity index is 0.000000272. The summed E-state index contributed by atoms with van der Waals surface area (Å²) in [7, 11) is 1.61. The number of oxime groups is 1. The van der Waals surface area contributed by atoms with E-state index >= 15 is 0 Å². The molecule has 1 fully saturated rings.